The minimum absolute atomic E-state index is 0.0297. The first-order valence-corrected chi connectivity index (χ1v) is 8.29. The number of benzene rings is 1. The van der Waals surface area contributed by atoms with Crippen LogP contribution in [-0.4, -0.2) is 54.2 Å². The summed E-state index contributed by atoms with van der Waals surface area (Å²) in [6, 6.07) is 7.09. The van der Waals surface area contributed by atoms with Gasteiger partial charge in [0.05, 0.1) is 10.9 Å². The van der Waals surface area contributed by atoms with Crippen LogP contribution in [0.2, 0.25) is 5.02 Å². The highest BCUT2D eigenvalue weighted by Gasteiger charge is 2.50. The molecule has 0 saturated carbocycles. The van der Waals surface area contributed by atoms with E-state index in [1.807, 2.05) is 16.7 Å². The first-order chi connectivity index (χ1) is 10.1. The van der Waals surface area contributed by atoms with Crippen LogP contribution in [0.4, 0.5) is 0 Å². The summed E-state index contributed by atoms with van der Waals surface area (Å²) in [7, 11) is 1.75. The van der Waals surface area contributed by atoms with Crippen molar-refractivity contribution in [2.45, 2.75) is 17.3 Å². The zero-order valence-electron chi connectivity index (χ0n) is 11.9. The molecule has 114 valence electrons. The number of amides is 1. The Morgan fingerprint density at radius 1 is 1.52 bits per heavy atom. The number of likely N-dealkylation sites (tertiary alicyclic amines) is 1. The van der Waals surface area contributed by atoms with Crippen LogP contribution < -0.4 is 4.74 Å². The molecule has 1 spiro atoms. The summed E-state index contributed by atoms with van der Waals surface area (Å²) < 4.78 is 11.1. The molecule has 2 aliphatic rings. The van der Waals surface area contributed by atoms with Gasteiger partial charge in [-0.15, -0.1) is 11.8 Å². The normalized spacial score (nSPS) is 23.1. The van der Waals surface area contributed by atoms with Gasteiger partial charge in [0.25, 0.3) is 5.91 Å². The van der Waals surface area contributed by atoms with Crippen LogP contribution in [0.25, 0.3) is 0 Å². The number of thioether (sulfide) groups is 1. The third-order valence-electron chi connectivity index (χ3n) is 3.98. The molecule has 4 nitrogen and oxygen atoms in total. The van der Waals surface area contributed by atoms with Crippen molar-refractivity contribution in [3.05, 3.63) is 29.3 Å². The minimum atomic E-state index is 0.0297. The van der Waals surface area contributed by atoms with Gasteiger partial charge < -0.3 is 14.4 Å². The average molecular weight is 328 g/mol. The first-order valence-electron chi connectivity index (χ1n) is 6.93. The van der Waals surface area contributed by atoms with Gasteiger partial charge in [-0.05, 0) is 24.6 Å². The van der Waals surface area contributed by atoms with Crippen molar-refractivity contribution in [2.24, 2.45) is 0 Å². The predicted molar refractivity (Wildman–Crippen MR) is 84.1 cm³/mol. The minimum Gasteiger partial charge on any atom is -0.484 e. The third kappa shape index (κ3) is 3.30. The maximum Gasteiger partial charge on any atom is 0.260 e. The molecule has 1 unspecified atom stereocenters. The molecule has 0 bridgehead atoms. The molecule has 0 aliphatic carbocycles. The van der Waals surface area contributed by atoms with E-state index in [-0.39, 0.29) is 17.3 Å². The van der Waals surface area contributed by atoms with Crippen molar-refractivity contribution < 1.29 is 14.3 Å². The number of carbonyl (C=O) groups is 1. The topological polar surface area (TPSA) is 38.8 Å². The van der Waals surface area contributed by atoms with E-state index in [0.29, 0.717) is 16.9 Å². The molecule has 1 atom stereocenters. The molecule has 0 radical (unpaired) electrons. The smallest absolute Gasteiger partial charge is 0.260 e. The van der Waals surface area contributed by atoms with Crippen molar-refractivity contribution in [3.63, 3.8) is 0 Å². The highest BCUT2D eigenvalue weighted by atomic mass is 35.5. The molecule has 3 rings (SSSR count). The number of hydrogen-bond donors (Lipinski definition) is 0. The van der Waals surface area contributed by atoms with Crippen LogP contribution in [-0.2, 0) is 9.53 Å². The molecule has 2 saturated heterocycles. The molecule has 2 heterocycles. The van der Waals surface area contributed by atoms with Crippen LogP contribution in [0.1, 0.15) is 6.42 Å². The molecule has 2 fully saturated rings. The van der Waals surface area contributed by atoms with E-state index >= 15 is 0 Å². The Kier molecular flexibility index (Phi) is 4.33. The van der Waals surface area contributed by atoms with E-state index < -0.39 is 0 Å². The molecule has 2 aliphatic heterocycles. The lowest BCUT2D eigenvalue weighted by Crippen LogP contribution is -2.61. The van der Waals surface area contributed by atoms with Gasteiger partial charge in [-0.3, -0.25) is 4.79 Å². The summed E-state index contributed by atoms with van der Waals surface area (Å²) >= 11 is 7.81. The molecule has 21 heavy (non-hydrogen) atoms. The zero-order chi connectivity index (χ0) is 14.9. The van der Waals surface area contributed by atoms with Crippen LogP contribution in [0.5, 0.6) is 5.75 Å². The molecular formula is C15H18ClNO3S. The summed E-state index contributed by atoms with van der Waals surface area (Å²) in [5.74, 6) is 1.68. The van der Waals surface area contributed by atoms with Crippen molar-refractivity contribution in [2.75, 3.05) is 32.6 Å². The molecule has 1 amide bonds. The Morgan fingerprint density at radius 3 is 3.00 bits per heavy atom. The first kappa shape index (κ1) is 15.0. The maximum absolute atomic E-state index is 12.1. The van der Waals surface area contributed by atoms with Crippen LogP contribution in [0, 0.1) is 0 Å². The van der Waals surface area contributed by atoms with E-state index in [2.05, 4.69) is 0 Å². The Balaban J connectivity index is 1.46. The second-order valence-corrected chi connectivity index (χ2v) is 7.48. The van der Waals surface area contributed by atoms with E-state index in [9.17, 15) is 4.79 Å². The summed E-state index contributed by atoms with van der Waals surface area (Å²) in [5.41, 5.74) is 0. The van der Waals surface area contributed by atoms with Gasteiger partial charge in [0, 0.05) is 31.0 Å². The summed E-state index contributed by atoms with van der Waals surface area (Å²) in [6.07, 6.45) is 1.36. The molecular weight excluding hydrogens is 310 g/mol. The van der Waals surface area contributed by atoms with Gasteiger partial charge in [0.1, 0.15) is 5.75 Å². The van der Waals surface area contributed by atoms with Gasteiger partial charge in [-0.25, -0.2) is 0 Å². The fourth-order valence-electron chi connectivity index (χ4n) is 2.79. The molecule has 0 N–H and O–H groups in total. The van der Waals surface area contributed by atoms with E-state index in [1.54, 1.807) is 31.4 Å². The Morgan fingerprint density at radius 2 is 2.33 bits per heavy atom. The van der Waals surface area contributed by atoms with Crippen LogP contribution in [0.15, 0.2) is 24.3 Å². The Labute approximate surface area is 133 Å². The number of nitrogens with zero attached hydrogens (tertiary/aromatic N) is 1. The van der Waals surface area contributed by atoms with Gasteiger partial charge >= 0.3 is 0 Å². The van der Waals surface area contributed by atoms with E-state index in [4.69, 9.17) is 21.1 Å². The zero-order valence-corrected chi connectivity index (χ0v) is 13.5. The van der Waals surface area contributed by atoms with Crippen LogP contribution in [0.3, 0.4) is 0 Å². The van der Waals surface area contributed by atoms with Gasteiger partial charge in [0.15, 0.2) is 6.61 Å². The lowest BCUT2D eigenvalue weighted by atomic mass is 9.93. The quantitative estimate of drug-likeness (QED) is 0.851. The van der Waals surface area contributed by atoms with Gasteiger partial charge in [-0.2, -0.15) is 0 Å². The van der Waals surface area contributed by atoms with Crippen molar-refractivity contribution >= 4 is 29.3 Å². The lowest BCUT2D eigenvalue weighted by molar-refractivity contribution is -0.138. The fourth-order valence-corrected chi connectivity index (χ4v) is 4.56. The van der Waals surface area contributed by atoms with Gasteiger partial charge in [0.2, 0.25) is 0 Å². The van der Waals surface area contributed by atoms with E-state index in [0.717, 1.165) is 25.3 Å². The van der Waals surface area contributed by atoms with Crippen molar-refractivity contribution in [3.8, 4) is 5.75 Å². The number of halogens is 1. The van der Waals surface area contributed by atoms with Crippen molar-refractivity contribution in [1.82, 2.24) is 4.90 Å². The predicted octanol–water partition coefficient (Wildman–Crippen LogP) is 2.45. The second kappa shape index (κ2) is 6.07. The van der Waals surface area contributed by atoms with E-state index in [1.165, 1.54) is 0 Å². The summed E-state index contributed by atoms with van der Waals surface area (Å²) in [6.45, 7) is 1.67. The second-order valence-electron chi connectivity index (χ2n) is 5.55. The number of carbonyl (C=O) groups excluding carboxylic acids is 1. The molecule has 6 heteroatoms. The number of hydrogen-bond acceptors (Lipinski definition) is 4. The summed E-state index contributed by atoms with van der Waals surface area (Å²) in [4.78, 5) is 14.0. The maximum atomic E-state index is 12.1. The molecule has 1 aromatic carbocycles. The Bertz CT molecular complexity index is 533. The standard InChI is InChI=1S/C15H18ClNO3S/c1-19-13-6-15(21-8-13)9-17(10-15)14(18)7-20-12-4-2-3-11(16)5-12/h2-5,13H,6-10H2,1H3. The monoisotopic (exact) mass is 327 g/mol. The fraction of sp³-hybridized carbons (Fsp3) is 0.533. The largest absolute Gasteiger partial charge is 0.484 e. The lowest BCUT2D eigenvalue weighted by Gasteiger charge is -2.47. The number of ether oxygens (including phenoxy) is 2. The molecule has 0 aromatic heterocycles. The number of methoxy groups -OCH3 is 1. The van der Waals surface area contributed by atoms with Crippen molar-refractivity contribution in [1.29, 1.82) is 0 Å². The van der Waals surface area contributed by atoms with Crippen LogP contribution >= 0.6 is 23.4 Å². The third-order valence-corrected chi connectivity index (χ3v) is 5.79. The Hall–Kier alpha value is -0.910. The number of rotatable bonds is 4. The highest BCUT2D eigenvalue weighted by Crippen LogP contribution is 2.45. The average Bonchev–Trinajstić information content (AvgIpc) is 2.88. The molecule has 1 aromatic rings. The summed E-state index contributed by atoms with van der Waals surface area (Å²) in [5, 5.41) is 0.607. The SMILES string of the molecule is COC1CSC2(C1)CN(C(=O)COc1cccc(Cl)c1)C2. The highest BCUT2D eigenvalue weighted by molar-refractivity contribution is 8.01. The van der Waals surface area contributed by atoms with Gasteiger partial charge in [-0.1, -0.05) is 17.7 Å².